The number of piperidine rings is 1. The van der Waals surface area contributed by atoms with Crippen molar-refractivity contribution < 1.29 is 19.8 Å². The molecular formula is C11H18N2O4S. The quantitative estimate of drug-likeness (QED) is 0.724. The molecule has 2 N–H and O–H groups in total. The van der Waals surface area contributed by atoms with Crippen molar-refractivity contribution in [2.75, 3.05) is 24.7 Å². The summed E-state index contributed by atoms with van der Waals surface area (Å²) in [6.45, 7) is 2.57. The maximum Gasteiger partial charge on any atom is 0.327 e. The van der Waals surface area contributed by atoms with E-state index < -0.39 is 17.6 Å². The second kappa shape index (κ2) is 4.97. The Hall–Kier alpha value is -0.950. The van der Waals surface area contributed by atoms with E-state index in [1.807, 2.05) is 0 Å². The Balaban J connectivity index is 2.04. The molecule has 2 rings (SSSR count). The molecule has 0 aromatic heterocycles. The summed E-state index contributed by atoms with van der Waals surface area (Å²) in [5.41, 5.74) is -0.862. The molecule has 2 aliphatic rings. The Morgan fingerprint density at radius 1 is 1.44 bits per heavy atom. The number of rotatable bonds is 1. The lowest BCUT2D eigenvalue weighted by Gasteiger charge is -2.39. The monoisotopic (exact) mass is 274 g/mol. The van der Waals surface area contributed by atoms with Gasteiger partial charge in [0.05, 0.1) is 18.0 Å². The van der Waals surface area contributed by atoms with Gasteiger partial charge < -0.3 is 20.0 Å². The third kappa shape index (κ3) is 2.72. The Kier molecular flexibility index (Phi) is 3.72. The van der Waals surface area contributed by atoms with Crippen LogP contribution in [0.4, 0.5) is 4.79 Å². The molecule has 0 saturated carbocycles. The summed E-state index contributed by atoms with van der Waals surface area (Å²) in [6.07, 6.45) is 1.42. The van der Waals surface area contributed by atoms with Crippen LogP contribution in [0, 0.1) is 0 Å². The van der Waals surface area contributed by atoms with Crippen molar-refractivity contribution in [1.29, 1.82) is 0 Å². The molecule has 7 heteroatoms. The SMILES string of the molecule is CC1(O)CCCN(C(=O)N2CSC[C@H]2C(=O)O)C1. The molecule has 2 atom stereocenters. The fourth-order valence-corrected chi connectivity index (χ4v) is 3.54. The van der Waals surface area contributed by atoms with Crippen LogP contribution in [-0.4, -0.2) is 68.4 Å². The van der Waals surface area contributed by atoms with Crippen molar-refractivity contribution in [2.24, 2.45) is 0 Å². The van der Waals surface area contributed by atoms with Gasteiger partial charge in [0.1, 0.15) is 6.04 Å². The van der Waals surface area contributed by atoms with Crippen molar-refractivity contribution in [1.82, 2.24) is 9.80 Å². The van der Waals surface area contributed by atoms with Gasteiger partial charge in [0.15, 0.2) is 0 Å². The smallest absolute Gasteiger partial charge is 0.327 e. The van der Waals surface area contributed by atoms with Gasteiger partial charge in [0.25, 0.3) is 0 Å². The Bertz CT molecular complexity index is 361. The van der Waals surface area contributed by atoms with Gasteiger partial charge in [-0.2, -0.15) is 0 Å². The Morgan fingerprint density at radius 2 is 2.17 bits per heavy atom. The predicted molar refractivity (Wildman–Crippen MR) is 67.4 cm³/mol. The first-order valence-corrected chi connectivity index (χ1v) is 7.15. The van der Waals surface area contributed by atoms with E-state index in [4.69, 9.17) is 5.11 Å². The third-order valence-electron chi connectivity index (χ3n) is 3.36. The van der Waals surface area contributed by atoms with Crippen LogP contribution in [-0.2, 0) is 4.79 Å². The number of aliphatic carboxylic acids is 1. The van der Waals surface area contributed by atoms with Gasteiger partial charge in [-0.3, -0.25) is 0 Å². The summed E-state index contributed by atoms with van der Waals surface area (Å²) in [6, 6.07) is -1.01. The molecule has 0 aliphatic carbocycles. The number of aliphatic hydroxyl groups is 1. The van der Waals surface area contributed by atoms with Crippen molar-refractivity contribution in [2.45, 2.75) is 31.4 Å². The summed E-state index contributed by atoms with van der Waals surface area (Å²) in [5.74, 6) is -0.114. The summed E-state index contributed by atoms with van der Waals surface area (Å²) in [5, 5.41) is 19.0. The van der Waals surface area contributed by atoms with E-state index in [-0.39, 0.29) is 12.6 Å². The number of hydrogen-bond acceptors (Lipinski definition) is 4. The molecule has 18 heavy (non-hydrogen) atoms. The van der Waals surface area contributed by atoms with E-state index in [2.05, 4.69) is 0 Å². The lowest BCUT2D eigenvalue weighted by molar-refractivity contribution is -0.141. The Morgan fingerprint density at radius 3 is 2.78 bits per heavy atom. The van der Waals surface area contributed by atoms with Gasteiger partial charge in [-0.15, -0.1) is 11.8 Å². The largest absolute Gasteiger partial charge is 0.480 e. The first-order valence-electron chi connectivity index (χ1n) is 5.99. The fraction of sp³-hybridized carbons (Fsp3) is 0.818. The highest BCUT2D eigenvalue weighted by atomic mass is 32.2. The van der Waals surface area contributed by atoms with Crippen LogP contribution in [0.1, 0.15) is 19.8 Å². The third-order valence-corrected chi connectivity index (χ3v) is 4.37. The van der Waals surface area contributed by atoms with Crippen molar-refractivity contribution in [3.05, 3.63) is 0 Å². The molecule has 2 heterocycles. The summed E-state index contributed by atoms with van der Waals surface area (Å²) < 4.78 is 0. The molecular weight excluding hydrogens is 256 g/mol. The van der Waals surface area contributed by atoms with Crippen LogP contribution < -0.4 is 0 Å². The maximum atomic E-state index is 12.3. The lowest BCUT2D eigenvalue weighted by atomic mass is 9.95. The van der Waals surface area contributed by atoms with E-state index in [0.717, 1.165) is 6.42 Å². The van der Waals surface area contributed by atoms with Crippen molar-refractivity contribution >= 4 is 23.8 Å². The minimum atomic E-state index is -0.961. The molecule has 0 radical (unpaired) electrons. The zero-order valence-electron chi connectivity index (χ0n) is 10.3. The van der Waals surface area contributed by atoms with Crippen LogP contribution in [0.2, 0.25) is 0 Å². The minimum Gasteiger partial charge on any atom is -0.480 e. The number of carboxylic acid groups (broad SMARTS) is 1. The van der Waals surface area contributed by atoms with Gasteiger partial charge in [-0.1, -0.05) is 0 Å². The highest BCUT2D eigenvalue weighted by Gasteiger charge is 2.39. The standard InChI is InChI=1S/C11H18N2O4S/c1-11(17)3-2-4-12(6-11)10(16)13-7-18-5-8(13)9(14)15/h8,17H,2-7H2,1H3,(H,14,15)/t8-,11?/m0/s1. The number of urea groups is 1. The fourth-order valence-electron chi connectivity index (χ4n) is 2.40. The molecule has 2 amide bonds. The molecule has 1 unspecified atom stereocenters. The molecule has 0 bridgehead atoms. The number of β-amino-alcohol motifs (C(OH)–C–C–N with tert-alkyl or cyclic N) is 1. The van der Waals surface area contributed by atoms with Gasteiger partial charge in [-0.05, 0) is 19.8 Å². The molecule has 2 aliphatic heterocycles. The van der Waals surface area contributed by atoms with E-state index in [1.54, 1.807) is 11.8 Å². The zero-order valence-corrected chi connectivity index (χ0v) is 11.2. The van der Waals surface area contributed by atoms with Crippen molar-refractivity contribution in [3.63, 3.8) is 0 Å². The van der Waals surface area contributed by atoms with Crippen LogP contribution in [0.15, 0.2) is 0 Å². The molecule has 0 spiro atoms. The van der Waals surface area contributed by atoms with Crippen molar-refractivity contribution in [3.8, 4) is 0 Å². The number of amides is 2. The number of nitrogens with zero attached hydrogens (tertiary/aromatic N) is 2. The molecule has 2 saturated heterocycles. The first-order chi connectivity index (χ1) is 8.41. The average Bonchev–Trinajstić information content (AvgIpc) is 2.75. The number of likely N-dealkylation sites (tertiary alicyclic amines) is 1. The van der Waals surface area contributed by atoms with E-state index in [9.17, 15) is 14.7 Å². The minimum absolute atomic E-state index is 0.271. The molecule has 0 aromatic carbocycles. The topological polar surface area (TPSA) is 81.1 Å². The highest BCUT2D eigenvalue weighted by Crippen LogP contribution is 2.26. The number of hydrogen-bond donors (Lipinski definition) is 2. The second-order valence-corrected chi connectivity index (χ2v) is 6.13. The summed E-state index contributed by atoms with van der Waals surface area (Å²) >= 11 is 1.45. The van der Waals surface area contributed by atoms with Crippen LogP contribution in [0.25, 0.3) is 0 Å². The number of carboxylic acids is 1. The van der Waals surface area contributed by atoms with Crippen LogP contribution in [0.3, 0.4) is 0 Å². The predicted octanol–water partition coefficient (Wildman–Crippen LogP) is 0.413. The molecule has 2 fully saturated rings. The van der Waals surface area contributed by atoms with Gasteiger partial charge in [-0.25, -0.2) is 9.59 Å². The lowest BCUT2D eigenvalue weighted by Crippen LogP contribution is -2.55. The maximum absolute atomic E-state index is 12.3. The van der Waals surface area contributed by atoms with Gasteiger partial charge in [0.2, 0.25) is 0 Å². The van der Waals surface area contributed by atoms with Crippen LogP contribution >= 0.6 is 11.8 Å². The summed E-state index contributed by atoms with van der Waals surface area (Å²) in [7, 11) is 0. The van der Waals surface area contributed by atoms with Gasteiger partial charge >= 0.3 is 12.0 Å². The molecule has 102 valence electrons. The van der Waals surface area contributed by atoms with E-state index in [1.165, 1.54) is 16.7 Å². The average molecular weight is 274 g/mol. The normalized spacial score (nSPS) is 32.7. The first kappa shape index (κ1) is 13.5. The highest BCUT2D eigenvalue weighted by molar-refractivity contribution is 7.99. The zero-order chi connectivity index (χ0) is 13.3. The number of carbonyl (C=O) groups excluding carboxylic acids is 1. The molecule has 0 aromatic rings. The van der Waals surface area contributed by atoms with Crippen LogP contribution in [0.5, 0.6) is 0 Å². The summed E-state index contributed by atoms with van der Waals surface area (Å²) in [4.78, 5) is 26.3. The second-order valence-electron chi connectivity index (χ2n) is 5.13. The van der Waals surface area contributed by atoms with Gasteiger partial charge in [0, 0.05) is 12.3 Å². The molecule has 6 nitrogen and oxygen atoms in total. The Labute approximate surface area is 110 Å². The van der Waals surface area contributed by atoms with E-state index >= 15 is 0 Å². The number of thioether (sulfide) groups is 1. The number of carbonyl (C=O) groups is 2. The van der Waals surface area contributed by atoms with E-state index in [0.29, 0.717) is 24.6 Å².